The predicted octanol–water partition coefficient (Wildman–Crippen LogP) is 3.11. The minimum atomic E-state index is -0.696. The van der Waals surface area contributed by atoms with Crippen molar-refractivity contribution in [2.24, 2.45) is 0 Å². The topological polar surface area (TPSA) is 76.7 Å². The van der Waals surface area contributed by atoms with Crippen LogP contribution in [-0.4, -0.2) is 25.5 Å². The molecule has 0 aliphatic heterocycles. The number of aryl methyl sites for hydroxylation is 1. The number of rotatable bonds is 6. The first-order valence-electron chi connectivity index (χ1n) is 8.48. The van der Waals surface area contributed by atoms with Crippen molar-refractivity contribution >= 4 is 11.8 Å². The molecule has 0 atom stereocenters. The van der Waals surface area contributed by atoms with Gasteiger partial charge < -0.3 is 9.47 Å². The smallest absolute Gasteiger partial charge is 0.276 e. The molecule has 6 nitrogen and oxygen atoms in total. The lowest BCUT2D eigenvalue weighted by Gasteiger charge is -2.15. The first-order chi connectivity index (χ1) is 12.8. The van der Waals surface area contributed by atoms with E-state index in [0.717, 1.165) is 17.2 Å². The van der Waals surface area contributed by atoms with Gasteiger partial charge in [-0.05, 0) is 48.2 Å². The van der Waals surface area contributed by atoms with Gasteiger partial charge in [-0.2, -0.15) is 0 Å². The van der Waals surface area contributed by atoms with Crippen LogP contribution in [0.2, 0.25) is 0 Å². The number of methoxy groups -OCH3 is 1. The third-order valence-electron chi connectivity index (χ3n) is 3.87. The minimum Gasteiger partial charge on any atom is -0.496 e. The third kappa shape index (κ3) is 5.44. The van der Waals surface area contributed by atoms with Gasteiger partial charge in [0.15, 0.2) is 6.61 Å². The summed E-state index contributed by atoms with van der Waals surface area (Å²) in [4.78, 5) is 24.1. The highest BCUT2D eigenvalue weighted by Gasteiger charge is 2.15. The van der Waals surface area contributed by atoms with Gasteiger partial charge in [0, 0.05) is 0 Å². The molecule has 0 aromatic heterocycles. The number of amides is 2. The van der Waals surface area contributed by atoms with E-state index in [2.05, 4.69) is 10.9 Å². The van der Waals surface area contributed by atoms with Gasteiger partial charge in [0.05, 0.1) is 12.7 Å². The lowest BCUT2D eigenvalue weighted by atomic mass is 10.0. The maximum Gasteiger partial charge on any atom is 0.276 e. The molecule has 27 heavy (non-hydrogen) atoms. The zero-order valence-corrected chi connectivity index (χ0v) is 15.8. The lowest BCUT2D eigenvalue weighted by molar-refractivity contribution is -0.123. The number of halogens is 1. The molecule has 0 spiro atoms. The summed E-state index contributed by atoms with van der Waals surface area (Å²) in [7, 11) is 1.37. The van der Waals surface area contributed by atoms with Crippen LogP contribution in [0.1, 0.15) is 41.3 Å². The first kappa shape index (κ1) is 20.2. The molecule has 0 unspecified atom stereocenters. The summed E-state index contributed by atoms with van der Waals surface area (Å²) in [5.41, 5.74) is 6.44. The van der Waals surface area contributed by atoms with Gasteiger partial charge in [-0.25, -0.2) is 4.39 Å². The van der Waals surface area contributed by atoms with E-state index >= 15 is 0 Å². The average Bonchev–Trinajstić information content (AvgIpc) is 2.64. The minimum absolute atomic E-state index is 0.0282. The van der Waals surface area contributed by atoms with Crippen LogP contribution >= 0.6 is 0 Å². The lowest BCUT2D eigenvalue weighted by Crippen LogP contribution is -2.44. The number of hydrogen-bond acceptors (Lipinski definition) is 4. The van der Waals surface area contributed by atoms with Gasteiger partial charge in [0.1, 0.15) is 17.3 Å². The van der Waals surface area contributed by atoms with Crippen LogP contribution < -0.4 is 20.3 Å². The predicted molar refractivity (Wildman–Crippen MR) is 99.3 cm³/mol. The SMILES string of the molecule is COc1ccc(F)cc1C(=O)NNC(=O)COc1cc(C)ccc1C(C)C. The number of carbonyl (C=O) groups excluding carboxylic acids is 2. The van der Waals surface area contributed by atoms with E-state index in [1.807, 2.05) is 39.0 Å². The first-order valence-corrected chi connectivity index (χ1v) is 8.48. The van der Waals surface area contributed by atoms with E-state index in [0.29, 0.717) is 5.75 Å². The van der Waals surface area contributed by atoms with E-state index in [1.54, 1.807) is 0 Å². The molecule has 0 heterocycles. The molecule has 0 saturated heterocycles. The normalized spacial score (nSPS) is 10.4. The molecule has 7 heteroatoms. The molecular weight excluding hydrogens is 351 g/mol. The van der Waals surface area contributed by atoms with Crippen molar-refractivity contribution in [2.45, 2.75) is 26.7 Å². The van der Waals surface area contributed by atoms with E-state index in [1.165, 1.54) is 19.2 Å². The maximum atomic E-state index is 13.3. The largest absolute Gasteiger partial charge is 0.496 e. The highest BCUT2D eigenvalue weighted by molar-refractivity contribution is 5.97. The van der Waals surface area contributed by atoms with Gasteiger partial charge in [0.2, 0.25) is 0 Å². The van der Waals surface area contributed by atoms with Crippen molar-refractivity contribution in [2.75, 3.05) is 13.7 Å². The highest BCUT2D eigenvalue weighted by atomic mass is 19.1. The Morgan fingerprint density at radius 1 is 1.07 bits per heavy atom. The summed E-state index contributed by atoms with van der Waals surface area (Å²) in [6.07, 6.45) is 0. The summed E-state index contributed by atoms with van der Waals surface area (Å²) in [6, 6.07) is 9.34. The molecule has 2 amide bonds. The molecule has 2 N–H and O–H groups in total. The van der Waals surface area contributed by atoms with E-state index < -0.39 is 17.6 Å². The van der Waals surface area contributed by atoms with Crippen LogP contribution in [0.3, 0.4) is 0 Å². The van der Waals surface area contributed by atoms with Crippen molar-refractivity contribution < 1.29 is 23.5 Å². The molecule has 0 saturated carbocycles. The van der Waals surface area contributed by atoms with Gasteiger partial charge >= 0.3 is 0 Å². The number of benzene rings is 2. The summed E-state index contributed by atoms with van der Waals surface area (Å²) >= 11 is 0. The summed E-state index contributed by atoms with van der Waals surface area (Å²) in [5.74, 6) is -0.771. The summed E-state index contributed by atoms with van der Waals surface area (Å²) in [5, 5.41) is 0. The van der Waals surface area contributed by atoms with Gasteiger partial charge in [-0.3, -0.25) is 20.4 Å². The van der Waals surface area contributed by atoms with Crippen LogP contribution in [0.15, 0.2) is 36.4 Å². The number of hydrogen-bond donors (Lipinski definition) is 2. The van der Waals surface area contributed by atoms with Crippen molar-refractivity contribution in [1.29, 1.82) is 0 Å². The Hall–Kier alpha value is -3.09. The van der Waals surface area contributed by atoms with Crippen LogP contribution in [0.5, 0.6) is 11.5 Å². The Morgan fingerprint density at radius 3 is 2.48 bits per heavy atom. The number of carbonyl (C=O) groups is 2. The van der Waals surface area contributed by atoms with E-state index in [4.69, 9.17) is 9.47 Å². The standard InChI is InChI=1S/C20H23FN2O4/c1-12(2)15-7-5-13(3)9-18(15)27-11-19(24)22-23-20(25)16-10-14(21)6-8-17(16)26-4/h5-10,12H,11H2,1-4H3,(H,22,24)(H,23,25). The second kappa shape index (κ2) is 9.02. The molecule has 0 radical (unpaired) electrons. The molecule has 0 bridgehead atoms. The Labute approximate surface area is 157 Å². The zero-order valence-electron chi connectivity index (χ0n) is 15.8. The third-order valence-corrected chi connectivity index (χ3v) is 3.87. The van der Waals surface area contributed by atoms with Gasteiger partial charge in [-0.1, -0.05) is 26.0 Å². The Balaban J connectivity index is 1.95. The number of ether oxygens (including phenoxy) is 2. The highest BCUT2D eigenvalue weighted by Crippen LogP contribution is 2.27. The molecule has 0 aliphatic rings. The zero-order chi connectivity index (χ0) is 20.0. The van der Waals surface area contributed by atoms with Crippen LogP contribution in [-0.2, 0) is 4.79 Å². The fourth-order valence-corrected chi connectivity index (χ4v) is 2.47. The second-order valence-corrected chi connectivity index (χ2v) is 6.33. The van der Waals surface area contributed by atoms with E-state index in [9.17, 15) is 14.0 Å². The quantitative estimate of drug-likeness (QED) is 0.762. The monoisotopic (exact) mass is 374 g/mol. The maximum absolute atomic E-state index is 13.3. The number of nitrogens with one attached hydrogen (secondary N) is 2. The molecule has 2 aromatic rings. The molecule has 2 rings (SSSR count). The Morgan fingerprint density at radius 2 is 1.81 bits per heavy atom. The molecule has 144 valence electrons. The van der Waals surface area contributed by atoms with E-state index in [-0.39, 0.29) is 23.8 Å². The van der Waals surface area contributed by atoms with Gasteiger partial charge in [0.25, 0.3) is 11.8 Å². The van der Waals surface area contributed by atoms with Crippen LogP contribution in [0, 0.1) is 12.7 Å². The Bertz CT molecular complexity index is 837. The second-order valence-electron chi connectivity index (χ2n) is 6.33. The molecule has 0 fully saturated rings. The molecule has 2 aromatic carbocycles. The average molecular weight is 374 g/mol. The fourth-order valence-electron chi connectivity index (χ4n) is 2.47. The van der Waals surface area contributed by atoms with Crippen molar-refractivity contribution in [3.8, 4) is 11.5 Å². The Kier molecular flexibility index (Phi) is 6.76. The van der Waals surface area contributed by atoms with Crippen molar-refractivity contribution in [1.82, 2.24) is 10.9 Å². The molecular formula is C20H23FN2O4. The fraction of sp³-hybridized carbons (Fsp3) is 0.300. The van der Waals surface area contributed by atoms with Crippen LogP contribution in [0.25, 0.3) is 0 Å². The van der Waals surface area contributed by atoms with Crippen LogP contribution in [0.4, 0.5) is 4.39 Å². The van der Waals surface area contributed by atoms with Crippen molar-refractivity contribution in [3.05, 3.63) is 58.9 Å². The summed E-state index contributed by atoms with van der Waals surface area (Å²) < 4.78 is 24.0. The van der Waals surface area contributed by atoms with Crippen molar-refractivity contribution in [3.63, 3.8) is 0 Å². The van der Waals surface area contributed by atoms with Gasteiger partial charge in [-0.15, -0.1) is 0 Å². The summed E-state index contributed by atoms with van der Waals surface area (Å²) in [6.45, 7) is 5.72. The molecule has 0 aliphatic carbocycles. The number of hydrazine groups is 1.